The summed E-state index contributed by atoms with van der Waals surface area (Å²) in [5, 5.41) is 13.8. The van der Waals surface area contributed by atoms with E-state index in [1.807, 2.05) is 42.3 Å². The lowest BCUT2D eigenvalue weighted by molar-refractivity contribution is -0.137. The fraction of sp³-hybridized carbons (Fsp3) is 0.619. The fourth-order valence-electron chi connectivity index (χ4n) is 4.34. The molecule has 0 aromatic heterocycles. The highest BCUT2D eigenvalue weighted by Crippen LogP contribution is 2.33. The van der Waals surface area contributed by atoms with E-state index < -0.39 is 5.60 Å². The van der Waals surface area contributed by atoms with Crippen LogP contribution in [0.15, 0.2) is 30.3 Å². The van der Waals surface area contributed by atoms with Crippen LogP contribution in [0.5, 0.6) is 0 Å². The van der Waals surface area contributed by atoms with Gasteiger partial charge in [0.05, 0.1) is 5.60 Å². The molecule has 0 aliphatic carbocycles. The van der Waals surface area contributed by atoms with Crippen molar-refractivity contribution in [3.63, 3.8) is 0 Å². The zero-order valence-electron chi connectivity index (χ0n) is 16.4. The molecule has 1 aromatic carbocycles. The van der Waals surface area contributed by atoms with Gasteiger partial charge in [-0.05, 0) is 38.3 Å². The molecule has 0 saturated carbocycles. The Labute approximate surface area is 161 Å². The Morgan fingerprint density at radius 3 is 2.41 bits per heavy atom. The molecule has 6 heteroatoms. The number of hydrogen-bond donors (Lipinski definition) is 2. The zero-order chi connectivity index (χ0) is 19.4. The van der Waals surface area contributed by atoms with Gasteiger partial charge in [-0.2, -0.15) is 0 Å². The second-order valence-electron chi connectivity index (χ2n) is 7.97. The Hall–Kier alpha value is -1.92. The molecule has 3 rings (SSSR count). The maximum absolute atomic E-state index is 12.8. The molecule has 2 atom stereocenters. The smallest absolute Gasteiger partial charge is 0.224 e. The third kappa shape index (κ3) is 4.68. The number of carbonyl (C=O) groups excluding carboxylic acids is 2. The van der Waals surface area contributed by atoms with Gasteiger partial charge < -0.3 is 15.3 Å². The average molecular weight is 373 g/mol. The molecule has 0 spiro atoms. The highest BCUT2D eigenvalue weighted by atomic mass is 16.3. The molecule has 148 valence electrons. The van der Waals surface area contributed by atoms with Crippen LogP contribution in [0.4, 0.5) is 0 Å². The summed E-state index contributed by atoms with van der Waals surface area (Å²) in [7, 11) is 2.04. The van der Waals surface area contributed by atoms with Gasteiger partial charge in [-0.1, -0.05) is 30.3 Å². The van der Waals surface area contributed by atoms with Crippen molar-refractivity contribution in [3.8, 4) is 0 Å². The van der Waals surface area contributed by atoms with E-state index >= 15 is 0 Å². The topological polar surface area (TPSA) is 72.9 Å². The van der Waals surface area contributed by atoms with Gasteiger partial charge in [-0.3, -0.25) is 14.5 Å². The van der Waals surface area contributed by atoms with Crippen LogP contribution in [-0.4, -0.2) is 65.5 Å². The second-order valence-corrected chi connectivity index (χ2v) is 7.97. The summed E-state index contributed by atoms with van der Waals surface area (Å²) < 4.78 is 0. The Morgan fingerprint density at radius 2 is 1.78 bits per heavy atom. The van der Waals surface area contributed by atoms with Crippen molar-refractivity contribution in [1.82, 2.24) is 15.1 Å². The lowest BCUT2D eigenvalue weighted by Gasteiger charge is -2.39. The molecule has 2 aliphatic rings. The molecule has 2 N–H and O–H groups in total. The van der Waals surface area contributed by atoms with Crippen molar-refractivity contribution in [3.05, 3.63) is 35.9 Å². The third-order valence-corrected chi connectivity index (χ3v) is 6.24. The van der Waals surface area contributed by atoms with Crippen molar-refractivity contribution >= 4 is 11.8 Å². The van der Waals surface area contributed by atoms with Crippen LogP contribution < -0.4 is 5.32 Å². The number of carbonyl (C=O) groups is 2. The van der Waals surface area contributed by atoms with E-state index in [1.54, 1.807) is 0 Å². The highest BCUT2D eigenvalue weighted by molar-refractivity contribution is 5.77. The van der Waals surface area contributed by atoms with Crippen molar-refractivity contribution in [1.29, 1.82) is 0 Å². The van der Waals surface area contributed by atoms with Crippen LogP contribution in [0.3, 0.4) is 0 Å². The van der Waals surface area contributed by atoms with E-state index in [-0.39, 0.29) is 17.9 Å². The molecule has 0 unspecified atom stereocenters. The molecule has 2 saturated heterocycles. The molecule has 27 heavy (non-hydrogen) atoms. The van der Waals surface area contributed by atoms with Crippen molar-refractivity contribution in [2.45, 2.75) is 56.7 Å². The lowest BCUT2D eigenvalue weighted by atomic mass is 9.84. The van der Waals surface area contributed by atoms with Crippen molar-refractivity contribution in [2.75, 3.05) is 26.7 Å². The Balaban J connectivity index is 1.49. The van der Waals surface area contributed by atoms with Gasteiger partial charge in [0.15, 0.2) is 0 Å². The van der Waals surface area contributed by atoms with Crippen LogP contribution in [0.2, 0.25) is 0 Å². The first kappa shape index (κ1) is 19.8. The minimum absolute atomic E-state index is 0.0119. The Kier molecular flexibility index (Phi) is 6.17. The van der Waals surface area contributed by atoms with Gasteiger partial charge in [0.25, 0.3) is 0 Å². The summed E-state index contributed by atoms with van der Waals surface area (Å²) >= 11 is 0. The maximum Gasteiger partial charge on any atom is 0.224 e. The van der Waals surface area contributed by atoms with E-state index in [9.17, 15) is 14.7 Å². The summed E-state index contributed by atoms with van der Waals surface area (Å²) in [5.74, 6) is 0.157. The van der Waals surface area contributed by atoms with Crippen LogP contribution >= 0.6 is 0 Å². The first-order valence-corrected chi connectivity index (χ1v) is 9.91. The molecule has 0 radical (unpaired) electrons. The number of amides is 2. The van der Waals surface area contributed by atoms with E-state index in [0.717, 1.165) is 18.4 Å². The molecule has 2 heterocycles. The summed E-state index contributed by atoms with van der Waals surface area (Å²) in [6, 6.07) is 10.3. The minimum Gasteiger partial charge on any atom is -0.385 e. The molecule has 1 aromatic rings. The lowest BCUT2D eigenvalue weighted by Crippen LogP contribution is -2.47. The summed E-state index contributed by atoms with van der Waals surface area (Å²) in [5.41, 5.74) is 0.111. The summed E-state index contributed by atoms with van der Waals surface area (Å²) in [6.07, 6.45) is 3.65. The number of piperidine rings is 1. The Morgan fingerprint density at radius 1 is 1.15 bits per heavy atom. The number of benzene rings is 1. The monoisotopic (exact) mass is 373 g/mol. The van der Waals surface area contributed by atoms with E-state index in [0.29, 0.717) is 44.9 Å². The minimum atomic E-state index is -0.828. The predicted octanol–water partition coefficient (Wildman–Crippen LogP) is 1.49. The van der Waals surface area contributed by atoms with Crippen molar-refractivity contribution < 1.29 is 14.7 Å². The van der Waals surface area contributed by atoms with Crippen LogP contribution in [0.25, 0.3) is 0 Å². The normalized spacial score (nSPS) is 25.4. The van der Waals surface area contributed by atoms with Gasteiger partial charge in [0.1, 0.15) is 0 Å². The second kappa shape index (κ2) is 8.40. The van der Waals surface area contributed by atoms with Gasteiger partial charge in [-0.25, -0.2) is 0 Å². The number of hydrogen-bond acceptors (Lipinski definition) is 4. The number of likely N-dealkylation sites (N-methyl/N-ethyl adjacent to an activating group) is 1. The predicted molar refractivity (Wildman–Crippen MR) is 104 cm³/mol. The number of nitrogens with zero attached hydrogens (tertiary/aromatic N) is 2. The number of rotatable bonds is 5. The quantitative estimate of drug-likeness (QED) is 0.820. The third-order valence-electron chi connectivity index (χ3n) is 6.24. The van der Waals surface area contributed by atoms with E-state index in [4.69, 9.17) is 0 Å². The van der Waals surface area contributed by atoms with Gasteiger partial charge >= 0.3 is 0 Å². The number of nitrogens with one attached hydrogen (secondary N) is 1. The number of aliphatic hydroxyl groups is 1. The Bertz CT molecular complexity index is 656. The maximum atomic E-state index is 12.8. The summed E-state index contributed by atoms with van der Waals surface area (Å²) in [6.45, 7) is 3.36. The number of likely N-dealkylation sites (tertiary alicyclic amines) is 2. The molecule has 6 nitrogen and oxygen atoms in total. The van der Waals surface area contributed by atoms with Crippen LogP contribution in [0.1, 0.15) is 44.6 Å². The molecule has 0 bridgehead atoms. The molecule has 2 fully saturated rings. The average Bonchev–Trinajstić information content (AvgIpc) is 3.01. The fourth-order valence-corrected chi connectivity index (χ4v) is 4.34. The van der Waals surface area contributed by atoms with Gasteiger partial charge in [0.2, 0.25) is 11.8 Å². The van der Waals surface area contributed by atoms with E-state index in [2.05, 4.69) is 10.2 Å². The van der Waals surface area contributed by atoms with Crippen LogP contribution in [0, 0.1) is 0 Å². The standard InChI is InChI=1S/C21H31N3O3/c1-16(25)22-15-19-9-8-18(23(19)2)14-20(26)24-12-10-21(27,11-13-24)17-6-4-3-5-7-17/h3-7,18-19,27H,8-15H2,1-2H3,(H,22,25)/t18-,19+/m0/s1. The molecule has 2 aliphatic heterocycles. The van der Waals surface area contributed by atoms with Crippen molar-refractivity contribution in [2.24, 2.45) is 0 Å². The zero-order valence-corrected chi connectivity index (χ0v) is 16.4. The first-order valence-electron chi connectivity index (χ1n) is 9.91. The molecular formula is C21H31N3O3. The largest absolute Gasteiger partial charge is 0.385 e. The molecule has 2 amide bonds. The van der Waals surface area contributed by atoms with Gasteiger partial charge in [-0.15, -0.1) is 0 Å². The van der Waals surface area contributed by atoms with Gasteiger partial charge in [0, 0.05) is 45.1 Å². The molecular weight excluding hydrogens is 342 g/mol. The highest BCUT2D eigenvalue weighted by Gasteiger charge is 2.37. The first-order chi connectivity index (χ1) is 12.9. The SMILES string of the molecule is CC(=O)NC[C@H]1CC[C@@H](CC(=O)N2CCC(O)(c3ccccc3)CC2)N1C. The van der Waals surface area contributed by atoms with E-state index in [1.165, 1.54) is 6.92 Å². The summed E-state index contributed by atoms with van der Waals surface area (Å²) in [4.78, 5) is 28.0. The van der Waals surface area contributed by atoms with Crippen LogP contribution in [-0.2, 0) is 15.2 Å².